The van der Waals surface area contributed by atoms with Crippen LogP contribution in [-0.4, -0.2) is 66.1 Å². The zero-order valence-corrected chi connectivity index (χ0v) is 27.0. The fraction of sp³-hybridized carbons (Fsp3) is 0.556. The van der Waals surface area contributed by atoms with E-state index in [4.69, 9.17) is 4.74 Å². The quantitative estimate of drug-likeness (QED) is 0.217. The molecular weight excluding hydrogens is 536 g/mol. The van der Waals surface area contributed by atoms with Crippen LogP contribution in [0, 0.1) is 17.8 Å². The number of hydrogen-bond acceptors (Lipinski definition) is 5. The fourth-order valence-corrected chi connectivity index (χ4v) is 6.39. The van der Waals surface area contributed by atoms with Gasteiger partial charge in [-0.25, -0.2) is 0 Å². The lowest BCUT2D eigenvalue weighted by atomic mass is 9.78. The Balaban J connectivity index is 1.48. The molecule has 0 bridgehead atoms. The summed E-state index contributed by atoms with van der Waals surface area (Å²) >= 11 is 0. The molecule has 0 atom stereocenters. The maximum absolute atomic E-state index is 14.1. The number of benzene rings is 1. The molecule has 2 fully saturated rings. The number of hydrogen-bond donors (Lipinski definition) is 1. The number of allylic oxidation sites excluding steroid dienone is 4. The average Bonchev–Trinajstić information content (AvgIpc) is 3.48. The van der Waals surface area contributed by atoms with Crippen LogP contribution in [0.15, 0.2) is 72.3 Å². The number of anilines is 1. The van der Waals surface area contributed by atoms with Crippen LogP contribution in [0.3, 0.4) is 0 Å². The number of carbonyl (C=O) groups excluding carboxylic acids is 1. The molecule has 0 aliphatic heterocycles. The molecule has 2 aliphatic rings. The van der Waals surface area contributed by atoms with E-state index in [0.29, 0.717) is 24.7 Å². The van der Waals surface area contributed by atoms with Gasteiger partial charge in [0.2, 0.25) is 5.91 Å². The van der Waals surface area contributed by atoms with E-state index in [2.05, 4.69) is 86.0 Å². The second-order valence-corrected chi connectivity index (χ2v) is 13.0. The lowest BCUT2D eigenvalue weighted by Crippen LogP contribution is -2.42. The molecule has 2 aromatic rings. The van der Waals surface area contributed by atoms with Crippen LogP contribution in [0.2, 0.25) is 0 Å². The molecular formula is C36H52N4O3. The van der Waals surface area contributed by atoms with Crippen LogP contribution in [-0.2, 0) is 16.1 Å². The summed E-state index contributed by atoms with van der Waals surface area (Å²) in [5.74, 6) is 1.96. The molecule has 2 saturated carbocycles. The van der Waals surface area contributed by atoms with Crippen molar-refractivity contribution < 1.29 is 14.6 Å². The Morgan fingerprint density at radius 1 is 1.05 bits per heavy atom. The van der Waals surface area contributed by atoms with Crippen LogP contribution >= 0.6 is 0 Å². The Kier molecular flexibility index (Phi) is 11.8. The topological polar surface area (TPSA) is 70.8 Å². The van der Waals surface area contributed by atoms with Crippen molar-refractivity contribution in [2.24, 2.45) is 17.8 Å². The van der Waals surface area contributed by atoms with E-state index in [1.807, 2.05) is 17.0 Å². The summed E-state index contributed by atoms with van der Waals surface area (Å²) in [5.41, 5.74) is 5.39. The Morgan fingerprint density at radius 3 is 2.40 bits per heavy atom. The highest BCUT2D eigenvalue weighted by Crippen LogP contribution is 2.36. The number of rotatable bonds is 12. The number of aromatic nitrogens is 2. The van der Waals surface area contributed by atoms with E-state index in [-0.39, 0.29) is 17.9 Å². The monoisotopic (exact) mass is 588 g/mol. The highest BCUT2D eigenvalue weighted by Gasteiger charge is 2.32. The standard InChI is InChI=1S/C36H52N4O3/c1-26(2)35(43-6)19-10-27(3)29-13-11-28(12-14-29)24-40(36(42)30-15-17-34(41)18-16-30)33-9-7-8-31(22-33)32-23-37-39(25-32)21-20-38(4)5/h7-10,19,22-23,25,28-30,34,41H,3,11-18,20-21,24H2,1-2,4-6H3/b19-10-/t28-,29-,30-,34-. The van der Waals surface area contributed by atoms with E-state index in [1.54, 1.807) is 7.11 Å². The van der Waals surface area contributed by atoms with Crippen LogP contribution in [0.5, 0.6) is 0 Å². The highest BCUT2D eigenvalue weighted by atomic mass is 16.5. The van der Waals surface area contributed by atoms with Gasteiger partial charge >= 0.3 is 0 Å². The molecule has 1 heterocycles. The minimum Gasteiger partial charge on any atom is -0.497 e. The molecule has 1 aromatic heterocycles. The van der Waals surface area contributed by atoms with Gasteiger partial charge in [0.1, 0.15) is 5.76 Å². The third kappa shape index (κ3) is 9.16. The second kappa shape index (κ2) is 15.5. The molecule has 1 amide bonds. The summed E-state index contributed by atoms with van der Waals surface area (Å²) in [7, 11) is 5.84. The van der Waals surface area contributed by atoms with Crippen molar-refractivity contribution in [3.05, 3.63) is 72.3 Å². The predicted octanol–water partition coefficient (Wildman–Crippen LogP) is 6.85. The first-order valence-corrected chi connectivity index (χ1v) is 16.0. The zero-order chi connectivity index (χ0) is 30.9. The number of methoxy groups -OCH3 is 1. The minimum atomic E-state index is -0.279. The number of nitrogens with zero attached hydrogens (tertiary/aromatic N) is 4. The summed E-state index contributed by atoms with van der Waals surface area (Å²) in [6.07, 6.45) is 15.1. The van der Waals surface area contributed by atoms with Crippen molar-refractivity contribution in [3.8, 4) is 11.1 Å². The number of carbonyl (C=O) groups is 1. The summed E-state index contributed by atoms with van der Waals surface area (Å²) in [6.45, 7) is 11.0. The van der Waals surface area contributed by atoms with Crippen molar-refractivity contribution in [1.29, 1.82) is 0 Å². The maximum Gasteiger partial charge on any atom is 0.230 e. The van der Waals surface area contributed by atoms with Crippen molar-refractivity contribution >= 4 is 11.6 Å². The van der Waals surface area contributed by atoms with Gasteiger partial charge in [0.15, 0.2) is 0 Å². The summed E-state index contributed by atoms with van der Waals surface area (Å²) < 4.78 is 7.46. The van der Waals surface area contributed by atoms with Crippen LogP contribution < -0.4 is 4.90 Å². The molecule has 0 saturated heterocycles. The van der Waals surface area contributed by atoms with Crippen molar-refractivity contribution in [2.45, 2.75) is 77.9 Å². The molecule has 2 aliphatic carbocycles. The van der Waals surface area contributed by atoms with Gasteiger partial charge in [-0.3, -0.25) is 9.48 Å². The predicted molar refractivity (Wildman–Crippen MR) is 176 cm³/mol. The van der Waals surface area contributed by atoms with Gasteiger partial charge in [0.05, 0.1) is 26.0 Å². The van der Waals surface area contributed by atoms with Crippen molar-refractivity contribution in [2.75, 3.05) is 39.2 Å². The largest absolute Gasteiger partial charge is 0.497 e. The minimum absolute atomic E-state index is 0.0350. The average molecular weight is 589 g/mol. The first-order chi connectivity index (χ1) is 20.6. The Labute approximate surface area is 258 Å². The van der Waals surface area contributed by atoms with Crippen LogP contribution in [0.4, 0.5) is 5.69 Å². The molecule has 43 heavy (non-hydrogen) atoms. The Bertz CT molecular complexity index is 1270. The highest BCUT2D eigenvalue weighted by molar-refractivity contribution is 5.95. The maximum atomic E-state index is 14.1. The molecule has 0 spiro atoms. The number of aliphatic hydroxyl groups is 1. The van der Waals surface area contributed by atoms with Crippen molar-refractivity contribution in [3.63, 3.8) is 0 Å². The molecule has 7 heteroatoms. The van der Waals surface area contributed by atoms with Gasteiger partial charge in [0.25, 0.3) is 0 Å². The lowest BCUT2D eigenvalue weighted by molar-refractivity contribution is -0.124. The fourth-order valence-electron chi connectivity index (χ4n) is 6.39. The van der Waals surface area contributed by atoms with E-state index in [1.165, 1.54) is 0 Å². The third-order valence-electron chi connectivity index (χ3n) is 9.19. The molecule has 1 N–H and O–H groups in total. The van der Waals surface area contributed by atoms with Gasteiger partial charge in [0, 0.05) is 36.5 Å². The van der Waals surface area contributed by atoms with E-state index >= 15 is 0 Å². The molecule has 4 rings (SSSR count). The van der Waals surface area contributed by atoms with Crippen molar-refractivity contribution in [1.82, 2.24) is 14.7 Å². The zero-order valence-electron chi connectivity index (χ0n) is 27.0. The first-order valence-electron chi connectivity index (χ1n) is 16.0. The van der Waals surface area contributed by atoms with E-state index < -0.39 is 0 Å². The van der Waals surface area contributed by atoms with Crippen LogP contribution in [0.25, 0.3) is 11.1 Å². The number of aliphatic hydroxyl groups excluding tert-OH is 1. The lowest BCUT2D eigenvalue weighted by Gasteiger charge is -2.36. The number of amides is 1. The van der Waals surface area contributed by atoms with Gasteiger partial charge in [-0.15, -0.1) is 0 Å². The van der Waals surface area contributed by atoms with Gasteiger partial charge in [-0.05, 0) is 120 Å². The van der Waals surface area contributed by atoms with Gasteiger partial charge in [-0.2, -0.15) is 5.10 Å². The Morgan fingerprint density at radius 2 is 1.74 bits per heavy atom. The van der Waals surface area contributed by atoms with E-state index in [0.717, 1.165) is 91.9 Å². The SMILES string of the molecule is C=C(/C=C\C(OC)=C(C)C)[C@H]1CC[C@H](CN(c2cccc(-c3cnn(CCN(C)C)c3)c2)C(=O)[C@H]2CC[C@H](O)CC2)CC1. The molecule has 0 radical (unpaired) electrons. The molecule has 234 valence electrons. The smallest absolute Gasteiger partial charge is 0.230 e. The molecule has 1 aromatic carbocycles. The Hall–Kier alpha value is -3.16. The second-order valence-electron chi connectivity index (χ2n) is 13.0. The summed E-state index contributed by atoms with van der Waals surface area (Å²) in [4.78, 5) is 18.3. The first kappa shape index (κ1) is 32.7. The third-order valence-corrected chi connectivity index (χ3v) is 9.19. The van der Waals surface area contributed by atoms with Gasteiger partial charge < -0.3 is 19.6 Å². The molecule has 0 unspecified atom stereocenters. The normalized spacial score (nSPS) is 22.5. The number of likely N-dealkylation sites (N-methyl/N-ethyl adjacent to an activating group) is 1. The molecule has 7 nitrogen and oxygen atoms in total. The van der Waals surface area contributed by atoms with E-state index in [9.17, 15) is 9.90 Å². The summed E-state index contributed by atoms with van der Waals surface area (Å²) in [5, 5.41) is 14.7. The summed E-state index contributed by atoms with van der Waals surface area (Å²) in [6, 6.07) is 8.38. The number of ether oxygens (including phenoxy) is 1. The van der Waals surface area contributed by atoms with Gasteiger partial charge in [-0.1, -0.05) is 30.4 Å². The van der Waals surface area contributed by atoms with Crippen LogP contribution in [0.1, 0.15) is 65.2 Å².